The van der Waals surface area contributed by atoms with Crippen LogP contribution in [0.4, 0.5) is 4.39 Å². The third-order valence-electron chi connectivity index (χ3n) is 2.64. The van der Waals surface area contributed by atoms with Gasteiger partial charge in [0, 0.05) is 17.0 Å². The maximum atomic E-state index is 13.6. The highest BCUT2D eigenvalue weighted by Crippen LogP contribution is 2.27. The predicted molar refractivity (Wildman–Crippen MR) is 75.9 cm³/mol. The van der Waals surface area contributed by atoms with Gasteiger partial charge in [-0.2, -0.15) is 0 Å². The Bertz CT molecular complexity index is 600. The van der Waals surface area contributed by atoms with Crippen molar-refractivity contribution in [2.45, 2.75) is 6.42 Å². The standard InChI is InChI=1S/C14H8Cl3FO/c15-9-3-2-6-12(18)8(9)7-13(19)14-10(16)4-1-5-11(14)17/h1-6H,7H2. The van der Waals surface area contributed by atoms with Gasteiger partial charge >= 0.3 is 0 Å². The van der Waals surface area contributed by atoms with Crippen LogP contribution in [0.2, 0.25) is 15.1 Å². The molecule has 2 aromatic carbocycles. The number of halogens is 4. The lowest BCUT2D eigenvalue weighted by Gasteiger charge is -2.08. The molecule has 0 fully saturated rings. The lowest BCUT2D eigenvalue weighted by Crippen LogP contribution is -2.07. The molecule has 0 saturated carbocycles. The molecule has 0 radical (unpaired) electrons. The van der Waals surface area contributed by atoms with Crippen LogP contribution in [0, 0.1) is 5.82 Å². The largest absolute Gasteiger partial charge is 0.294 e. The summed E-state index contributed by atoms with van der Waals surface area (Å²) >= 11 is 17.8. The summed E-state index contributed by atoms with van der Waals surface area (Å²) in [5, 5.41) is 0.687. The van der Waals surface area contributed by atoms with E-state index in [2.05, 4.69) is 0 Å². The summed E-state index contributed by atoms with van der Waals surface area (Å²) in [5.74, 6) is -0.897. The number of ketones is 1. The van der Waals surface area contributed by atoms with Crippen molar-refractivity contribution in [2.24, 2.45) is 0 Å². The van der Waals surface area contributed by atoms with Crippen LogP contribution in [-0.4, -0.2) is 5.78 Å². The number of benzene rings is 2. The van der Waals surface area contributed by atoms with E-state index >= 15 is 0 Å². The van der Waals surface area contributed by atoms with Gasteiger partial charge in [0.05, 0.1) is 15.6 Å². The highest BCUT2D eigenvalue weighted by Gasteiger charge is 2.18. The summed E-state index contributed by atoms with van der Waals surface area (Å²) in [6, 6.07) is 9.02. The minimum absolute atomic E-state index is 0.144. The van der Waals surface area contributed by atoms with Crippen LogP contribution in [0.25, 0.3) is 0 Å². The molecular weight excluding hydrogens is 310 g/mol. The number of carbonyl (C=O) groups is 1. The molecule has 0 N–H and O–H groups in total. The van der Waals surface area contributed by atoms with E-state index in [1.165, 1.54) is 18.2 Å². The molecule has 0 unspecified atom stereocenters. The number of Topliss-reactive ketones (excluding diaryl/α,β-unsaturated/α-hetero) is 1. The Morgan fingerprint density at radius 3 is 2.05 bits per heavy atom. The Morgan fingerprint density at radius 1 is 0.947 bits per heavy atom. The van der Waals surface area contributed by atoms with Crippen molar-refractivity contribution < 1.29 is 9.18 Å². The van der Waals surface area contributed by atoms with Gasteiger partial charge in [-0.3, -0.25) is 4.79 Å². The smallest absolute Gasteiger partial charge is 0.170 e. The second-order valence-electron chi connectivity index (χ2n) is 3.90. The summed E-state index contributed by atoms with van der Waals surface area (Å²) in [5.41, 5.74) is 0.329. The zero-order chi connectivity index (χ0) is 14.0. The molecular formula is C14H8Cl3FO. The number of hydrogen-bond donors (Lipinski definition) is 0. The van der Waals surface area contributed by atoms with E-state index in [0.29, 0.717) is 0 Å². The molecule has 0 aliphatic heterocycles. The summed E-state index contributed by atoms with van der Waals surface area (Å²) in [4.78, 5) is 12.2. The van der Waals surface area contributed by atoms with Gasteiger partial charge < -0.3 is 0 Å². The molecule has 0 heterocycles. The Labute approximate surface area is 124 Å². The zero-order valence-corrected chi connectivity index (χ0v) is 11.9. The van der Waals surface area contributed by atoms with Gasteiger partial charge in [-0.05, 0) is 24.3 Å². The van der Waals surface area contributed by atoms with Crippen LogP contribution < -0.4 is 0 Å². The average Bonchev–Trinajstić information content (AvgIpc) is 2.34. The molecule has 2 rings (SSSR count). The van der Waals surface area contributed by atoms with Crippen molar-refractivity contribution >= 4 is 40.6 Å². The van der Waals surface area contributed by atoms with Crippen LogP contribution in [0.15, 0.2) is 36.4 Å². The van der Waals surface area contributed by atoms with Crippen molar-refractivity contribution in [1.29, 1.82) is 0 Å². The second-order valence-corrected chi connectivity index (χ2v) is 5.12. The molecule has 5 heteroatoms. The molecule has 0 atom stereocenters. The van der Waals surface area contributed by atoms with Gasteiger partial charge in [0.1, 0.15) is 5.82 Å². The summed E-state index contributed by atoms with van der Waals surface area (Å²) in [6.07, 6.45) is -0.186. The van der Waals surface area contributed by atoms with E-state index in [1.807, 2.05) is 0 Å². The van der Waals surface area contributed by atoms with Crippen molar-refractivity contribution in [2.75, 3.05) is 0 Å². The average molecular weight is 318 g/mol. The SMILES string of the molecule is O=C(Cc1c(F)cccc1Cl)c1c(Cl)cccc1Cl. The Balaban J connectivity index is 2.37. The van der Waals surface area contributed by atoms with Crippen LogP contribution in [0.5, 0.6) is 0 Å². The van der Waals surface area contributed by atoms with Gasteiger partial charge in [0.2, 0.25) is 0 Å². The molecule has 0 aliphatic rings. The highest BCUT2D eigenvalue weighted by molar-refractivity contribution is 6.40. The summed E-state index contributed by atoms with van der Waals surface area (Å²) < 4.78 is 13.6. The van der Waals surface area contributed by atoms with Gasteiger partial charge in [0.15, 0.2) is 5.78 Å². The van der Waals surface area contributed by atoms with E-state index in [0.717, 1.165) is 0 Å². The Kier molecular flexibility index (Phi) is 4.46. The van der Waals surface area contributed by atoms with Crippen LogP contribution in [0.1, 0.15) is 15.9 Å². The van der Waals surface area contributed by atoms with E-state index in [4.69, 9.17) is 34.8 Å². The first-order valence-corrected chi connectivity index (χ1v) is 6.54. The van der Waals surface area contributed by atoms with Crippen molar-refractivity contribution in [3.8, 4) is 0 Å². The molecule has 0 amide bonds. The van der Waals surface area contributed by atoms with Crippen LogP contribution in [-0.2, 0) is 6.42 Å². The van der Waals surface area contributed by atoms with Crippen molar-refractivity contribution in [3.05, 3.63) is 68.4 Å². The van der Waals surface area contributed by atoms with E-state index in [9.17, 15) is 9.18 Å². The lowest BCUT2D eigenvalue weighted by molar-refractivity contribution is 0.0992. The first-order chi connectivity index (χ1) is 9.00. The first-order valence-electron chi connectivity index (χ1n) is 5.41. The Morgan fingerprint density at radius 2 is 1.47 bits per heavy atom. The molecule has 0 bridgehead atoms. The Hall–Kier alpha value is -1.09. The van der Waals surface area contributed by atoms with Gasteiger partial charge in [-0.1, -0.05) is 46.9 Å². The fourth-order valence-electron chi connectivity index (χ4n) is 1.71. The quantitative estimate of drug-likeness (QED) is 0.710. The lowest BCUT2D eigenvalue weighted by atomic mass is 10.0. The van der Waals surface area contributed by atoms with Crippen LogP contribution in [0.3, 0.4) is 0 Å². The summed E-state index contributed by atoms with van der Waals surface area (Å²) in [7, 11) is 0. The minimum atomic E-state index is -0.524. The zero-order valence-electron chi connectivity index (χ0n) is 9.59. The molecule has 98 valence electrons. The molecule has 0 aliphatic carbocycles. The third-order valence-corrected chi connectivity index (χ3v) is 3.62. The number of hydrogen-bond acceptors (Lipinski definition) is 1. The minimum Gasteiger partial charge on any atom is -0.294 e. The predicted octanol–water partition coefficient (Wildman–Crippen LogP) is 5.21. The molecule has 0 spiro atoms. The maximum absolute atomic E-state index is 13.6. The molecule has 0 aromatic heterocycles. The summed E-state index contributed by atoms with van der Waals surface area (Å²) in [6.45, 7) is 0. The van der Waals surface area contributed by atoms with Gasteiger partial charge in [-0.15, -0.1) is 0 Å². The topological polar surface area (TPSA) is 17.1 Å². The monoisotopic (exact) mass is 316 g/mol. The fraction of sp³-hybridized carbons (Fsp3) is 0.0714. The first kappa shape index (κ1) is 14.3. The van der Waals surface area contributed by atoms with Gasteiger partial charge in [0.25, 0.3) is 0 Å². The van der Waals surface area contributed by atoms with Gasteiger partial charge in [-0.25, -0.2) is 4.39 Å². The van der Waals surface area contributed by atoms with E-state index in [-0.39, 0.29) is 38.4 Å². The van der Waals surface area contributed by atoms with Crippen molar-refractivity contribution in [1.82, 2.24) is 0 Å². The maximum Gasteiger partial charge on any atom is 0.170 e. The third kappa shape index (κ3) is 3.08. The fourth-order valence-corrected chi connectivity index (χ4v) is 2.55. The van der Waals surface area contributed by atoms with Crippen molar-refractivity contribution in [3.63, 3.8) is 0 Å². The van der Waals surface area contributed by atoms with Crippen LogP contribution >= 0.6 is 34.8 Å². The molecule has 1 nitrogen and oxygen atoms in total. The normalized spacial score (nSPS) is 10.5. The molecule has 2 aromatic rings. The van der Waals surface area contributed by atoms with E-state index in [1.54, 1.807) is 18.2 Å². The molecule has 0 saturated heterocycles. The number of rotatable bonds is 3. The molecule has 19 heavy (non-hydrogen) atoms. The second kappa shape index (κ2) is 5.91. The number of carbonyl (C=O) groups excluding carboxylic acids is 1. The van der Waals surface area contributed by atoms with E-state index < -0.39 is 5.82 Å². The highest BCUT2D eigenvalue weighted by atomic mass is 35.5.